The third kappa shape index (κ3) is 2.81. The summed E-state index contributed by atoms with van der Waals surface area (Å²) in [6.07, 6.45) is 3.22. The van der Waals surface area contributed by atoms with Gasteiger partial charge in [0.05, 0.1) is 6.54 Å². The van der Waals surface area contributed by atoms with Crippen LogP contribution in [0, 0.1) is 0 Å². The molecule has 2 aromatic rings. The molecule has 5 nitrogen and oxygen atoms in total. The van der Waals surface area contributed by atoms with Crippen LogP contribution in [-0.2, 0) is 13.0 Å². The Morgan fingerprint density at radius 1 is 1.39 bits per heavy atom. The number of nitrogens with two attached hydrogens (primary N) is 1. The van der Waals surface area contributed by atoms with Gasteiger partial charge in [-0.2, -0.15) is 0 Å². The van der Waals surface area contributed by atoms with Gasteiger partial charge in [-0.1, -0.05) is 12.1 Å². The summed E-state index contributed by atoms with van der Waals surface area (Å²) in [5.74, 6) is 0.204. The Morgan fingerprint density at radius 2 is 2.22 bits per heavy atom. The van der Waals surface area contributed by atoms with Crippen molar-refractivity contribution in [2.45, 2.75) is 19.4 Å². The Bertz CT molecular complexity index is 572. The topological polar surface area (TPSA) is 84.0 Å². The Labute approximate surface area is 105 Å². The van der Waals surface area contributed by atoms with Crippen molar-refractivity contribution in [3.05, 3.63) is 51.9 Å². The molecule has 4 N–H and O–H groups in total. The molecule has 0 amide bonds. The lowest BCUT2D eigenvalue weighted by molar-refractivity contribution is 0.474. The summed E-state index contributed by atoms with van der Waals surface area (Å²) in [6, 6.07) is 6.88. The molecule has 0 saturated carbocycles. The number of aromatic nitrogens is 2. The number of nitrogens with one attached hydrogen (secondary N) is 1. The average Bonchev–Trinajstić information content (AvgIpc) is 2.69. The maximum Gasteiger partial charge on any atom is 0.269 e. The van der Waals surface area contributed by atoms with Gasteiger partial charge in [-0.15, -0.1) is 0 Å². The molecular formula is C13H17N3O2. The molecule has 5 heteroatoms. The van der Waals surface area contributed by atoms with E-state index in [0.717, 1.165) is 17.5 Å². The number of H-pyrrole nitrogens is 1. The fourth-order valence-electron chi connectivity index (χ4n) is 1.88. The van der Waals surface area contributed by atoms with Crippen LogP contribution in [-0.4, -0.2) is 21.4 Å². The van der Waals surface area contributed by atoms with Gasteiger partial charge in [0.2, 0.25) is 0 Å². The highest BCUT2D eigenvalue weighted by molar-refractivity contribution is 5.27. The molecule has 1 heterocycles. The highest BCUT2D eigenvalue weighted by Gasteiger charge is 2.06. The van der Waals surface area contributed by atoms with E-state index in [2.05, 4.69) is 5.10 Å². The highest BCUT2D eigenvalue weighted by atomic mass is 16.3. The standard InChI is InChI=1S/C13H17N3O2/c14-6-2-4-11-8-15-16(13(11)18)9-10-3-1-5-12(17)7-10/h1,3,5,7-8,15,17H,2,4,6,9,14H2. The van der Waals surface area contributed by atoms with Crippen molar-refractivity contribution in [2.24, 2.45) is 5.73 Å². The Hall–Kier alpha value is -2.01. The Kier molecular flexibility index (Phi) is 3.84. The van der Waals surface area contributed by atoms with E-state index in [-0.39, 0.29) is 11.3 Å². The molecular weight excluding hydrogens is 230 g/mol. The van der Waals surface area contributed by atoms with Gasteiger partial charge in [-0.3, -0.25) is 4.79 Å². The monoisotopic (exact) mass is 247 g/mol. The summed E-state index contributed by atoms with van der Waals surface area (Å²) in [4.78, 5) is 12.0. The van der Waals surface area contributed by atoms with E-state index >= 15 is 0 Å². The van der Waals surface area contributed by atoms with Crippen LogP contribution >= 0.6 is 0 Å². The predicted molar refractivity (Wildman–Crippen MR) is 69.6 cm³/mol. The van der Waals surface area contributed by atoms with Gasteiger partial charge in [0.1, 0.15) is 5.75 Å². The van der Waals surface area contributed by atoms with E-state index in [1.807, 2.05) is 6.07 Å². The van der Waals surface area contributed by atoms with Crippen LogP contribution in [0.25, 0.3) is 0 Å². The van der Waals surface area contributed by atoms with Crippen molar-refractivity contribution in [3.63, 3.8) is 0 Å². The Balaban J connectivity index is 2.15. The van der Waals surface area contributed by atoms with Crippen LogP contribution in [0.4, 0.5) is 0 Å². The summed E-state index contributed by atoms with van der Waals surface area (Å²) in [5.41, 5.74) is 7.03. The molecule has 0 bridgehead atoms. The average molecular weight is 247 g/mol. The molecule has 0 aliphatic heterocycles. The molecule has 96 valence electrons. The van der Waals surface area contributed by atoms with Gasteiger partial charge in [-0.05, 0) is 37.1 Å². The minimum absolute atomic E-state index is 0.0215. The van der Waals surface area contributed by atoms with Crippen molar-refractivity contribution < 1.29 is 5.11 Å². The smallest absolute Gasteiger partial charge is 0.269 e. The second kappa shape index (κ2) is 5.55. The zero-order chi connectivity index (χ0) is 13.0. The first-order chi connectivity index (χ1) is 8.70. The van der Waals surface area contributed by atoms with E-state index < -0.39 is 0 Å². The van der Waals surface area contributed by atoms with E-state index in [1.165, 1.54) is 4.68 Å². The molecule has 0 aliphatic rings. The lowest BCUT2D eigenvalue weighted by atomic mass is 10.2. The fourth-order valence-corrected chi connectivity index (χ4v) is 1.88. The van der Waals surface area contributed by atoms with Crippen LogP contribution in [0.2, 0.25) is 0 Å². The van der Waals surface area contributed by atoms with Crippen molar-refractivity contribution in [1.82, 2.24) is 9.78 Å². The highest BCUT2D eigenvalue weighted by Crippen LogP contribution is 2.11. The molecule has 0 atom stereocenters. The maximum absolute atomic E-state index is 12.0. The van der Waals surface area contributed by atoms with E-state index in [1.54, 1.807) is 24.4 Å². The first-order valence-electron chi connectivity index (χ1n) is 5.96. The molecule has 0 radical (unpaired) electrons. The number of benzene rings is 1. The third-order valence-corrected chi connectivity index (χ3v) is 2.82. The number of aromatic amines is 1. The Morgan fingerprint density at radius 3 is 2.94 bits per heavy atom. The number of aromatic hydroxyl groups is 1. The van der Waals surface area contributed by atoms with Gasteiger partial charge in [0.25, 0.3) is 5.56 Å². The number of hydrogen-bond acceptors (Lipinski definition) is 3. The second-order valence-electron chi connectivity index (χ2n) is 4.25. The first-order valence-corrected chi connectivity index (χ1v) is 5.96. The number of hydrogen-bond donors (Lipinski definition) is 3. The molecule has 0 fully saturated rings. The van der Waals surface area contributed by atoms with E-state index in [0.29, 0.717) is 19.5 Å². The van der Waals surface area contributed by atoms with Gasteiger partial charge in [0, 0.05) is 11.8 Å². The van der Waals surface area contributed by atoms with Gasteiger partial charge in [-0.25, -0.2) is 4.68 Å². The van der Waals surface area contributed by atoms with Crippen LogP contribution in [0.3, 0.4) is 0 Å². The minimum atomic E-state index is -0.0215. The van der Waals surface area contributed by atoms with Gasteiger partial charge in [0.15, 0.2) is 0 Å². The fraction of sp³-hybridized carbons (Fsp3) is 0.308. The third-order valence-electron chi connectivity index (χ3n) is 2.82. The SMILES string of the molecule is NCCCc1c[nH]n(Cc2cccc(O)c2)c1=O. The molecule has 0 spiro atoms. The van der Waals surface area contributed by atoms with E-state index in [4.69, 9.17) is 5.73 Å². The van der Waals surface area contributed by atoms with Crippen molar-refractivity contribution in [1.29, 1.82) is 0 Å². The lowest BCUT2D eigenvalue weighted by Crippen LogP contribution is -2.20. The number of nitrogens with zero attached hydrogens (tertiary/aromatic N) is 1. The molecule has 0 aliphatic carbocycles. The summed E-state index contributed by atoms with van der Waals surface area (Å²) in [7, 11) is 0. The number of phenols is 1. The van der Waals surface area contributed by atoms with Crippen molar-refractivity contribution in [2.75, 3.05) is 6.54 Å². The number of aryl methyl sites for hydroxylation is 1. The molecule has 0 unspecified atom stereocenters. The van der Waals surface area contributed by atoms with Crippen molar-refractivity contribution in [3.8, 4) is 5.75 Å². The van der Waals surface area contributed by atoms with Crippen LogP contribution in [0.1, 0.15) is 17.5 Å². The van der Waals surface area contributed by atoms with Gasteiger partial charge >= 0.3 is 0 Å². The van der Waals surface area contributed by atoms with Gasteiger partial charge < -0.3 is 15.9 Å². The normalized spacial score (nSPS) is 10.7. The lowest BCUT2D eigenvalue weighted by Gasteiger charge is -2.02. The largest absolute Gasteiger partial charge is 0.508 e. The number of phenolic OH excluding ortho intramolecular Hbond substituents is 1. The van der Waals surface area contributed by atoms with Crippen LogP contribution in [0.15, 0.2) is 35.3 Å². The molecule has 1 aromatic heterocycles. The number of rotatable bonds is 5. The molecule has 2 rings (SSSR count). The summed E-state index contributed by atoms with van der Waals surface area (Å²) < 4.78 is 1.53. The van der Waals surface area contributed by atoms with Crippen LogP contribution < -0.4 is 11.3 Å². The summed E-state index contributed by atoms with van der Waals surface area (Å²) in [6.45, 7) is 1.01. The molecule has 18 heavy (non-hydrogen) atoms. The van der Waals surface area contributed by atoms with E-state index in [9.17, 15) is 9.90 Å². The second-order valence-corrected chi connectivity index (χ2v) is 4.25. The summed E-state index contributed by atoms with van der Waals surface area (Å²) in [5, 5.41) is 12.3. The summed E-state index contributed by atoms with van der Waals surface area (Å²) >= 11 is 0. The molecule has 0 saturated heterocycles. The zero-order valence-electron chi connectivity index (χ0n) is 10.1. The zero-order valence-corrected chi connectivity index (χ0v) is 10.1. The van der Waals surface area contributed by atoms with Crippen LogP contribution in [0.5, 0.6) is 5.75 Å². The first kappa shape index (κ1) is 12.4. The predicted octanol–water partition coefficient (Wildman–Crippen LogP) is 0.822. The minimum Gasteiger partial charge on any atom is -0.508 e. The van der Waals surface area contributed by atoms with Crippen molar-refractivity contribution >= 4 is 0 Å². The molecule has 1 aromatic carbocycles. The quantitative estimate of drug-likeness (QED) is 0.731. The maximum atomic E-state index is 12.0.